The Morgan fingerprint density at radius 2 is 2.33 bits per heavy atom. The van der Waals surface area contributed by atoms with Crippen LogP contribution in [0, 0.1) is 6.92 Å². The molecule has 0 fully saturated rings. The topological polar surface area (TPSA) is 38.7 Å². The Kier molecular flexibility index (Phi) is 1.83. The van der Waals surface area contributed by atoms with Gasteiger partial charge in [0.25, 0.3) is 0 Å². The number of nitrogens with zero attached hydrogens (tertiary/aromatic N) is 3. The molecule has 2 rings (SSSR count). The van der Waals surface area contributed by atoms with Crippen LogP contribution in [-0.2, 0) is 0 Å². The van der Waals surface area contributed by atoms with Gasteiger partial charge in [0, 0.05) is 6.20 Å². The van der Waals surface area contributed by atoms with Gasteiger partial charge in [0.2, 0.25) is 0 Å². The van der Waals surface area contributed by atoms with Crippen LogP contribution in [0.1, 0.15) is 5.56 Å². The Morgan fingerprint density at radius 1 is 1.42 bits per heavy atom. The monoisotopic (exact) mass is 177 g/mol. The summed E-state index contributed by atoms with van der Waals surface area (Å²) in [5.41, 5.74) is 3.78. The summed E-state index contributed by atoms with van der Waals surface area (Å²) in [4.78, 5) is 4.23. The number of aromatic nitrogens is 3. The van der Waals surface area contributed by atoms with Crippen LogP contribution in [0.3, 0.4) is 0 Å². The van der Waals surface area contributed by atoms with Gasteiger partial charge in [0.1, 0.15) is 11.2 Å². The van der Waals surface area contributed by atoms with Crippen LogP contribution in [0.4, 0.5) is 0 Å². The third-order valence-electron chi connectivity index (χ3n) is 1.57. The summed E-state index contributed by atoms with van der Waals surface area (Å²) in [6.45, 7) is 2.02. The van der Waals surface area contributed by atoms with Crippen molar-refractivity contribution in [2.75, 3.05) is 0 Å². The fourth-order valence-corrected chi connectivity index (χ4v) is 1.60. The zero-order valence-electron chi connectivity index (χ0n) is 6.56. The van der Waals surface area contributed by atoms with Crippen molar-refractivity contribution in [3.05, 3.63) is 29.4 Å². The molecule has 0 atom stereocenters. The molecular formula is C8H7N3S. The Hall–Kier alpha value is -1.29. The first-order chi connectivity index (χ1) is 5.88. The van der Waals surface area contributed by atoms with Gasteiger partial charge < -0.3 is 0 Å². The average Bonchev–Trinajstić information content (AvgIpc) is 2.57. The minimum Gasteiger partial charge on any atom is -0.253 e. The Balaban J connectivity index is 2.55. The van der Waals surface area contributed by atoms with E-state index in [0.29, 0.717) is 0 Å². The molecule has 12 heavy (non-hydrogen) atoms. The fourth-order valence-electron chi connectivity index (χ4n) is 0.986. The number of rotatable bonds is 1. The summed E-state index contributed by atoms with van der Waals surface area (Å²) in [6, 6.07) is 3.93. The first-order valence-electron chi connectivity index (χ1n) is 3.56. The van der Waals surface area contributed by atoms with Gasteiger partial charge in [-0.05, 0) is 18.6 Å². The van der Waals surface area contributed by atoms with Gasteiger partial charge in [-0.1, -0.05) is 17.4 Å². The second-order valence-corrected chi connectivity index (χ2v) is 3.25. The summed E-state index contributed by atoms with van der Waals surface area (Å²) in [5.74, 6) is 0. The largest absolute Gasteiger partial charge is 0.253 e. The van der Waals surface area contributed by atoms with Gasteiger partial charge in [-0.2, -0.15) is 0 Å². The van der Waals surface area contributed by atoms with Gasteiger partial charge in [-0.15, -0.1) is 10.2 Å². The van der Waals surface area contributed by atoms with Crippen molar-refractivity contribution in [3.8, 4) is 10.7 Å². The molecule has 2 heterocycles. The second kappa shape index (κ2) is 2.98. The highest BCUT2D eigenvalue weighted by Gasteiger charge is 2.04. The molecule has 0 radical (unpaired) electrons. The van der Waals surface area contributed by atoms with Crippen LogP contribution in [0.15, 0.2) is 23.8 Å². The van der Waals surface area contributed by atoms with Crippen molar-refractivity contribution in [3.63, 3.8) is 0 Å². The van der Waals surface area contributed by atoms with Crippen molar-refractivity contribution in [1.29, 1.82) is 0 Å². The van der Waals surface area contributed by atoms with Gasteiger partial charge in [-0.25, -0.2) is 0 Å². The Bertz CT molecular complexity index is 370. The number of aryl methyl sites for hydroxylation is 1. The number of hydrogen-bond donors (Lipinski definition) is 0. The van der Waals surface area contributed by atoms with E-state index in [4.69, 9.17) is 0 Å². The zero-order valence-corrected chi connectivity index (χ0v) is 7.38. The third-order valence-corrected chi connectivity index (χ3v) is 2.27. The molecule has 0 aromatic carbocycles. The standard InChI is InChI=1S/C8H7N3S/c1-6-3-2-4-9-7(6)8-11-10-5-12-8/h2-5H,1H3. The van der Waals surface area contributed by atoms with E-state index in [9.17, 15) is 0 Å². The van der Waals surface area contributed by atoms with E-state index in [1.165, 1.54) is 11.3 Å². The third kappa shape index (κ3) is 1.21. The van der Waals surface area contributed by atoms with E-state index in [1.807, 2.05) is 19.1 Å². The number of pyridine rings is 1. The lowest BCUT2D eigenvalue weighted by Crippen LogP contribution is -1.85. The molecular weight excluding hydrogens is 170 g/mol. The van der Waals surface area contributed by atoms with E-state index in [1.54, 1.807) is 11.7 Å². The summed E-state index contributed by atoms with van der Waals surface area (Å²) in [7, 11) is 0. The molecule has 0 spiro atoms. The lowest BCUT2D eigenvalue weighted by atomic mass is 10.2. The predicted molar refractivity (Wildman–Crippen MR) is 47.9 cm³/mol. The second-order valence-electron chi connectivity index (χ2n) is 2.41. The van der Waals surface area contributed by atoms with Crippen LogP contribution in [0.25, 0.3) is 10.7 Å². The normalized spacial score (nSPS) is 10.1. The highest BCUT2D eigenvalue weighted by Crippen LogP contribution is 2.20. The molecule has 0 aliphatic rings. The van der Waals surface area contributed by atoms with E-state index < -0.39 is 0 Å². The maximum atomic E-state index is 4.23. The molecule has 0 amide bonds. The van der Waals surface area contributed by atoms with E-state index in [2.05, 4.69) is 15.2 Å². The first kappa shape index (κ1) is 7.36. The van der Waals surface area contributed by atoms with Crippen LogP contribution in [0.2, 0.25) is 0 Å². The summed E-state index contributed by atoms with van der Waals surface area (Å²) >= 11 is 1.51. The maximum absolute atomic E-state index is 4.23. The van der Waals surface area contributed by atoms with Crippen molar-refractivity contribution >= 4 is 11.3 Å². The van der Waals surface area contributed by atoms with Crippen molar-refractivity contribution in [1.82, 2.24) is 15.2 Å². The summed E-state index contributed by atoms with van der Waals surface area (Å²) < 4.78 is 0. The highest BCUT2D eigenvalue weighted by molar-refractivity contribution is 7.12. The van der Waals surface area contributed by atoms with Crippen molar-refractivity contribution in [2.45, 2.75) is 6.92 Å². The minimum absolute atomic E-state index is 0.883. The SMILES string of the molecule is Cc1cccnc1-c1nncs1. The molecule has 0 aliphatic heterocycles. The first-order valence-corrected chi connectivity index (χ1v) is 4.44. The lowest BCUT2D eigenvalue weighted by molar-refractivity contribution is 1.08. The minimum atomic E-state index is 0.883. The van der Waals surface area contributed by atoms with Crippen LogP contribution >= 0.6 is 11.3 Å². The molecule has 0 aliphatic carbocycles. The molecule has 0 N–H and O–H groups in total. The van der Waals surface area contributed by atoms with Gasteiger partial charge in [0.05, 0.1) is 0 Å². The van der Waals surface area contributed by atoms with Gasteiger partial charge in [-0.3, -0.25) is 4.98 Å². The Morgan fingerprint density at radius 3 is 3.00 bits per heavy atom. The van der Waals surface area contributed by atoms with Crippen molar-refractivity contribution < 1.29 is 0 Å². The molecule has 4 heteroatoms. The molecule has 2 aromatic rings. The van der Waals surface area contributed by atoms with Crippen molar-refractivity contribution in [2.24, 2.45) is 0 Å². The molecule has 60 valence electrons. The molecule has 0 unspecified atom stereocenters. The van der Waals surface area contributed by atoms with E-state index >= 15 is 0 Å². The average molecular weight is 177 g/mol. The molecule has 2 aromatic heterocycles. The lowest BCUT2D eigenvalue weighted by Gasteiger charge is -1.97. The van der Waals surface area contributed by atoms with Gasteiger partial charge in [0.15, 0.2) is 5.01 Å². The van der Waals surface area contributed by atoms with Crippen LogP contribution < -0.4 is 0 Å². The maximum Gasteiger partial charge on any atom is 0.166 e. The van der Waals surface area contributed by atoms with Crippen LogP contribution in [0.5, 0.6) is 0 Å². The molecule has 0 saturated heterocycles. The molecule has 3 nitrogen and oxygen atoms in total. The Labute approximate surface area is 74.1 Å². The fraction of sp³-hybridized carbons (Fsp3) is 0.125. The smallest absolute Gasteiger partial charge is 0.166 e. The summed E-state index contributed by atoms with van der Waals surface area (Å²) in [5, 5.41) is 8.60. The van der Waals surface area contributed by atoms with E-state index in [0.717, 1.165) is 16.3 Å². The quantitative estimate of drug-likeness (QED) is 0.667. The predicted octanol–water partition coefficient (Wildman–Crippen LogP) is 1.91. The summed E-state index contributed by atoms with van der Waals surface area (Å²) in [6.07, 6.45) is 1.77. The molecule has 0 saturated carbocycles. The van der Waals surface area contributed by atoms with E-state index in [-0.39, 0.29) is 0 Å². The zero-order chi connectivity index (χ0) is 8.39. The molecule has 0 bridgehead atoms. The van der Waals surface area contributed by atoms with Gasteiger partial charge >= 0.3 is 0 Å². The van der Waals surface area contributed by atoms with Crippen LogP contribution in [-0.4, -0.2) is 15.2 Å². The highest BCUT2D eigenvalue weighted by atomic mass is 32.1. The number of hydrogen-bond acceptors (Lipinski definition) is 4.